The Morgan fingerprint density at radius 2 is 1.93 bits per heavy atom. The number of fused-ring (bicyclic) bond motifs is 1. The van der Waals surface area contributed by atoms with Gasteiger partial charge in [-0.2, -0.15) is 0 Å². The lowest BCUT2D eigenvalue weighted by Gasteiger charge is -2.33. The van der Waals surface area contributed by atoms with Crippen LogP contribution in [0.1, 0.15) is 47.6 Å². The third-order valence-corrected chi connectivity index (χ3v) is 6.27. The first kappa shape index (κ1) is 18.8. The maximum atomic E-state index is 12.7. The van der Waals surface area contributed by atoms with Gasteiger partial charge in [0.1, 0.15) is 5.01 Å². The molecule has 0 saturated carbocycles. The fourth-order valence-corrected chi connectivity index (χ4v) is 4.90. The highest BCUT2D eigenvalue weighted by Gasteiger charge is 2.28. The zero-order valence-electron chi connectivity index (χ0n) is 15.9. The average Bonchev–Trinajstić information content (AvgIpc) is 3.12. The monoisotopic (exact) mass is 393 g/mol. The van der Waals surface area contributed by atoms with Crippen molar-refractivity contribution in [2.45, 2.75) is 32.2 Å². The minimum Gasteiger partial charge on any atom is -0.324 e. The molecule has 28 heavy (non-hydrogen) atoms. The summed E-state index contributed by atoms with van der Waals surface area (Å²) in [4.78, 5) is 31.5. The van der Waals surface area contributed by atoms with Crippen LogP contribution in [0.4, 0.5) is 5.69 Å². The predicted molar refractivity (Wildman–Crippen MR) is 113 cm³/mol. The van der Waals surface area contributed by atoms with E-state index in [0.29, 0.717) is 17.8 Å². The van der Waals surface area contributed by atoms with Gasteiger partial charge in [0.25, 0.3) is 0 Å². The lowest BCUT2D eigenvalue weighted by Crippen LogP contribution is -2.39. The van der Waals surface area contributed by atoms with Gasteiger partial charge in [-0.05, 0) is 50.6 Å². The first-order valence-corrected chi connectivity index (χ1v) is 10.4. The number of nitrogens with one attached hydrogen (secondary N) is 1. The molecule has 6 heteroatoms. The van der Waals surface area contributed by atoms with Gasteiger partial charge in [0, 0.05) is 5.56 Å². The van der Waals surface area contributed by atoms with Crippen LogP contribution in [0.25, 0.3) is 10.2 Å². The smallest absolute Gasteiger partial charge is 0.238 e. The SMILES string of the molecule is CC(=O)c1ccccc1NC(=O)CN1CCCC[C@@H]1c1nc2ccccc2s1. The number of amides is 1. The summed E-state index contributed by atoms with van der Waals surface area (Å²) in [6, 6.07) is 15.5. The largest absolute Gasteiger partial charge is 0.324 e. The van der Waals surface area contributed by atoms with Crippen LogP contribution < -0.4 is 5.32 Å². The Morgan fingerprint density at radius 3 is 2.75 bits per heavy atom. The van der Waals surface area contributed by atoms with Crippen LogP contribution in [0.15, 0.2) is 48.5 Å². The Bertz CT molecular complexity index is 981. The number of carbonyl (C=O) groups excluding carboxylic acids is 2. The van der Waals surface area contributed by atoms with Gasteiger partial charge < -0.3 is 5.32 Å². The topological polar surface area (TPSA) is 62.3 Å². The number of aromatic nitrogens is 1. The van der Waals surface area contributed by atoms with E-state index >= 15 is 0 Å². The van der Waals surface area contributed by atoms with Crippen LogP contribution >= 0.6 is 11.3 Å². The summed E-state index contributed by atoms with van der Waals surface area (Å²) in [6.45, 7) is 2.69. The van der Waals surface area contributed by atoms with Gasteiger partial charge >= 0.3 is 0 Å². The zero-order valence-corrected chi connectivity index (χ0v) is 16.7. The molecular formula is C22H23N3O2S. The summed E-state index contributed by atoms with van der Waals surface area (Å²) in [7, 11) is 0. The van der Waals surface area contributed by atoms with Crippen LogP contribution in [0.3, 0.4) is 0 Å². The Morgan fingerprint density at radius 1 is 1.14 bits per heavy atom. The minimum atomic E-state index is -0.0956. The molecule has 2 aromatic carbocycles. The number of benzene rings is 2. The van der Waals surface area contributed by atoms with E-state index in [-0.39, 0.29) is 17.7 Å². The quantitative estimate of drug-likeness (QED) is 0.640. The third kappa shape index (κ3) is 3.98. The van der Waals surface area contributed by atoms with E-state index in [1.807, 2.05) is 24.3 Å². The first-order chi connectivity index (χ1) is 13.6. The second-order valence-corrected chi connectivity index (χ2v) is 8.21. The number of ketones is 1. The number of anilines is 1. The summed E-state index contributed by atoms with van der Waals surface area (Å²) < 4.78 is 1.18. The second kappa shape index (κ2) is 8.20. The Hall–Kier alpha value is -2.57. The molecule has 0 radical (unpaired) electrons. The van der Waals surface area contributed by atoms with Crippen molar-refractivity contribution in [1.82, 2.24) is 9.88 Å². The maximum absolute atomic E-state index is 12.7. The van der Waals surface area contributed by atoms with Gasteiger partial charge in [-0.25, -0.2) is 4.98 Å². The van der Waals surface area contributed by atoms with E-state index in [2.05, 4.69) is 16.3 Å². The Balaban J connectivity index is 1.50. The van der Waals surface area contributed by atoms with Gasteiger partial charge in [-0.1, -0.05) is 30.7 Å². The van der Waals surface area contributed by atoms with Gasteiger partial charge in [-0.15, -0.1) is 11.3 Å². The molecule has 4 rings (SSSR count). The molecule has 3 aromatic rings. The minimum absolute atomic E-state index is 0.0544. The number of hydrogen-bond donors (Lipinski definition) is 1. The number of thiazole rings is 1. The van der Waals surface area contributed by atoms with Crippen molar-refractivity contribution in [3.63, 3.8) is 0 Å². The maximum Gasteiger partial charge on any atom is 0.238 e. The summed E-state index contributed by atoms with van der Waals surface area (Å²) in [5.74, 6) is -0.150. The molecule has 144 valence electrons. The Kier molecular flexibility index (Phi) is 5.50. The van der Waals surface area contributed by atoms with E-state index in [1.165, 1.54) is 11.6 Å². The highest BCUT2D eigenvalue weighted by Crippen LogP contribution is 2.35. The summed E-state index contributed by atoms with van der Waals surface area (Å²) >= 11 is 1.72. The molecule has 5 nitrogen and oxygen atoms in total. The molecule has 1 aliphatic heterocycles. The van der Waals surface area contributed by atoms with E-state index in [0.717, 1.165) is 36.3 Å². The Labute approximate surface area is 168 Å². The lowest BCUT2D eigenvalue weighted by molar-refractivity contribution is -0.118. The molecule has 1 aromatic heterocycles. The summed E-state index contributed by atoms with van der Waals surface area (Å²) in [5, 5.41) is 4.00. The molecule has 1 saturated heterocycles. The summed E-state index contributed by atoms with van der Waals surface area (Å²) in [6.07, 6.45) is 3.24. The molecule has 0 aliphatic carbocycles. The number of rotatable bonds is 5. The van der Waals surface area contributed by atoms with Crippen LogP contribution in [-0.4, -0.2) is 34.7 Å². The molecule has 1 atom stereocenters. The third-order valence-electron chi connectivity index (χ3n) is 5.14. The molecule has 0 spiro atoms. The molecule has 1 amide bonds. The van der Waals surface area contributed by atoms with E-state index < -0.39 is 0 Å². The fourth-order valence-electron chi connectivity index (χ4n) is 3.77. The highest BCUT2D eigenvalue weighted by atomic mass is 32.1. The second-order valence-electron chi connectivity index (χ2n) is 7.15. The number of nitrogens with zero attached hydrogens (tertiary/aromatic N) is 2. The van der Waals surface area contributed by atoms with E-state index in [9.17, 15) is 9.59 Å². The molecule has 1 N–H and O–H groups in total. The van der Waals surface area contributed by atoms with Crippen molar-refractivity contribution in [1.29, 1.82) is 0 Å². The molecular weight excluding hydrogens is 370 g/mol. The summed E-state index contributed by atoms with van der Waals surface area (Å²) in [5.41, 5.74) is 2.14. The van der Waals surface area contributed by atoms with Gasteiger partial charge in [0.05, 0.1) is 28.5 Å². The first-order valence-electron chi connectivity index (χ1n) is 9.61. The highest BCUT2D eigenvalue weighted by molar-refractivity contribution is 7.18. The van der Waals surface area contributed by atoms with Crippen molar-refractivity contribution in [2.75, 3.05) is 18.4 Å². The predicted octanol–water partition coefficient (Wildman–Crippen LogP) is 4.66. The van der Waals surface area contributed by atoms with E-state index in [4.69, 9.17) is 4.98 Å². The van der Waals surface area contributed by atoms with Crippen LogP contribution in [0.5, 0.6) is 0 Å². The number of para-hydroxylation sites is 2. The molecule has 2 heterocycles. The number of hydrogen-bond acceptors (Lipinski definition) is 5. The molecule has 0 unspecified atom stereocenters. The molecule has 0 bridgehead atoms. The van der Waals surface area contributed by atoms with Crippen molar-refractivity contribution in [3.8, 4) is 0 Å². The van der Waals surface area contributed by atoms with Crippen molar-refractivity contribution >= 4 is 38.9 Å². The standard InChI is InChI=1S/C22H23N3O2S/c1-15(26)16-8-2-3-9-17(16)23-21(27)14-25-13-7-6-11-19(25)22-24-18-10-4-5-12-20(18)28-22/h2-5,8-10,12,19H,6-7,11,13-14H2,1H3,(H,23,27)/t19-/m1/s1. The molecule has 1 fully saturated rings. The number of Topliss-reactive ketones (excluding diaryl/α,β-unsaturated/α-hetero) is 1. The van der Waals surface area contributed by atoms with Crippen molar-refractivity contribution < 1.29 is 9.59 Å². The van der Waals surface area contributed by atoms with Gasteiger partial charge in [0.15, 0.2) is 5.78 Å². The number of likely N-dealkylation sites (tertiary alicyclic amines) is 1. The number of piperidine rings is 1. The van der Waals surface area contributed by atoms with Gasteiger partial charge in [-0.3, -0.25) is 14.5 Å². The normalized spacial score (nSPS) is 17.5. The van der Waals surface area contributed by atoms with E-state index in [1.54, 1.807) is 29.5 Å². The molecule has 1 aliphatic rings. The van der Waals surface area contributed by atoms with Crippen LogP contribution in [0.2, 0.25) is 0 Å². The van der Waals surface area contributed by atoms with Crippen LogP contribution in [-0.2, 0) is 4.79 Å². The lowest BCUT2D eigenvalue weighted by atomic mass is 10.0. The zero-order chi connectivity index (χ0) is 19.5. The average molecular weight is 394 g/mol. The van der Waals surface area contributed by atoms with Crippen molar-refractivity contribution in [3.05, 3.63) is 59.1 Å². The van der Waals surface area contributed by atoms with Crippen molar-refractivity contribution in [2.24, 2.45) is 0 Å². The van der Waals surface area contributed by atoms with Crippen LogP contribution in [0, 0.1) is 0 Å². The fraction of sp³-hybridized carbons (Fsp3) is 0.318. The van der Waals surface area contributed by atoms with Gasteiger partial charge in [0.2, 0.25) is 5.91 Å². The number of carbonyl (C=O) groups is 2.